The molecule has 0 atom stereocenters. The number of imidazole rings is 1. The number of nitrogens with zero attached hydrogens (tertiary/aromatic N) is 3. The van der Waals surface area contributed by atoms with Crippen LogP contribution in [-0.4, -0.2) is 25.4 Å². The van der Waals surface area contributed by atoms with Crippen LogP contribution in [-0.2, 0) is 6.42 Å². The molecule has 0 spiro atoms. The molecule has 0 aliphatic heterocycles. The number of aryl methyl sites for hydroxylation is 1. The Morgan fingerprint density at radius 1 is 1.60 bits per heavy atom. The van der Waals surface area contributed by atoms with Gasteiger partial charge in [0.2, 0.25) is 0 Å². The molecule has 5 nitrogen and oxygen atoms in total. The highest BCUT2D eigenvalue weighted by atomic mass is 16.4. The Labute approximate surface area is 86.4 Å². The molecule has 0 bridgehead atoms. The van der Waals surface area contributed by atoms with Crippen molar-refractivity contribution in [1.29, 1.82) is 0 Å². The molecule has 0 unspecified atom stereocenters. The smallest absolute Gasteiger partial charge is 0.358 e. The minimum Gasteiger partial charge on any atom is -0.476 e. The van der Waals surface area contributed by atoms with Crippen LogP contribution in [0.5, 0.6) is 0 Å². The third kappa shape index (κ3) is 1.68. The molecule has 0 amide bonds. The molecule has 78 valence electrons. The highest BCUT2D eigenvalue weighted by Crippen LogP contribution is 2.09. The Hall–Kier alpha value is -1.91. The first-order valence-electron chi connectivity index (χ1n) is 4.78. The van der Waals surface area contributed by atoms with Crippen molar-refractivity contribution in [2.45, 2.75) is 19.8 Å². The summed E-state index contributed by atoms with van der Waals surface area (Å²) in [5, 5.41) is 8.91. The van der Waals surface area contributed by atoms with Crippen molar-refractivity contribution in [2.24, 2.45) is 0 Å². The molecule has 0 fully saturated rings. The first kappa shape index (κ1) is 9.64. The van der Waals surface area contributed by atoms with Crippen LogP contribution in [0.3, 0.4) is 0 Å². The van der Waals surface area contributed by atoms with E-state index in [1.807, 2.05) is 6.20 Å². The summed E-state index contributed by atoms with van der Waals surface area (Å²) in [4.78, 5) is 18.9. The molecule has 0 aromatic carbocycles. The number of carbonyl (C=O) groups is 1. The number of hydrogen-bond acceptors (Lipinski definition) is 3. The lowest BCUT2D eigenvalue weighted by Gasteiger charge is -1.95. The van der Waals surface area contributed by atoms with Crippen molar-refractivity contribution in [3.8, 4) is 0 Å². The van der Waals surface area contributed by atoms with Crippen molar-refractivity contribution >= 4 is 11.6 Å². The zero-order valence-electron chi connectivity index (χ0n) is 8.34. The van der Waals surface area contributed by atoms with E-state index >= 15 is 0 Å². The second kappa shape index (κ2) is 3.68. The van der Waals surface area contributed by atoms with Crippen LogP contribution >= 0.6 is 0 Å². The van der Waals surface area contributed by atoms with Gasteiger partial charge in [0, 0.05) is 18.6 Å². The Balaban J connectivity index is 2.59. The molecule has 0 saturated heterocycles. The quantitative estimate of drug-likeness (QED) is 0.821. The molecular weight excluding hydrogens is 194 g/mol. The average Bonchev–Trinajstić information content (AvgIpc) is 2.59. The molecule has 2 aromatic rings. The van der Waals surface area contributed by atoms with Crippen LogP contribution in [0.25, 0.3) is 5.65 Å². The molecule has 5 heteroatoms. The molecule has 2 rings (SSSR count). The maximum atomic E-state index is 10.9. The second-order valence-electron chi connectivity index (χ2n) is 3.29. The number of carboxylic acids is 1. The first-order valence-corrected chi connectivity index (χ1v) is 4.78. The lowest BCUT2D eigenvalue weighted by atomic mass is 10.3. The molecule has 1 N–H and O–H groups in total. The van der Waals surface area contributed by atoms with Gasteiger partial charge in [0.05, 0.1) is 5.69 Å². The minimum atomic E-state index is -1.05. The monoisotopic (exact) mass is 205 g/mol. The van der Waals surface area contributed by atoms with Gasteiger partial charge < -0.3 is 9.51 Å². The number of rotatable bonds is 3. The normalized spacial score (nSPS) is 10.7. The molecular formula is C10H11N3O2. The van der Waals surface area contributed by atoms with E-state index in [9.17, 15) is 4.79 Å². The summed E-state index contributed by atoms with van der Waals surface area (Å²) >= 11 is 0. The fourth-order valence-electron chi connectivity index (χ4n) is 1.50. The van der Waals surface area contributed by atoms with Gasteiger partial charge in [0.25, 0.3) is 0 Å². The van der Waals surface area contributed by atoms with Gasteiger partial charge in [0.1, 0.15) is 0 Å². The predicted molar refractivity (Wildman–Crippen MR) is 53.9 cm³/mol. The fourth-order valence-corrected chi connectivity index (χ4v) is 1.50. The van der Waals surface area contributed by atoms with Crippen LogP contribution < -0.4 is 0 Å². The standard InChI is InChI=1S/C10H11N3O2/c1-2-3-7-6-13-5-4-11-8(10(14)15)9(13)12-7/h4-6H,2-3H2,1H3,(H,14,15). The first-order chi connectivity index (χ1) is 7.22. The van der Waals surface area contributed by atoms with Crippen LogP contribution in [0.4, 0.5) is 0 Å². The summed E-state index contributed by atoms with van der Waals surface area (Å²) in [5.74, 6) is -1.05. The van der Waals surface area contributed by atoms with Gasteiger partial charge >= 0.3 is 5.97 Å². The van der Waals surface area contributed by atoms with Gasteiger partial charge in [-0.15, -0.1) is 0 Å². The lowest BCUT2D eigenvalue weighted by molar-refractivity contribution is 0.0692. The summed E-state index contributed by atoms with van der Waals surface area (Å²) in [6, 6.07) is 0. The van der Waals surface area contributed by atoms with E-state index in [1.165, 1.54) is 6.20 Å². The van der Waals surface area contributed by atoms with Gasteiger partial charge in [-0.3, -0.25) is 0 Å². The van der Waals surface area contributed by atoms with Gasteiger partial charge in [0.15, 0.2) is 11.3 Å². The van der Waals surface area contributed by atoms with Crippen molar-refractivity contribution < 1.29 is 9.90 Å². The fraction of sp³-hybridized carbons (Fsp3) is 0.300. The zero-order valence-corrected chi connectivity index (χ0v) is 8.34. The zero-order chi connectivity index (χ0) is 10.8. The molecule has 2 heterocycles. The molecule has 0 aliphatic rings. The largest absolute Gasteiger partial charge is 0.476 e. The van der Waals surface area contributed by atoms with Gasteiger partial charge in [-0.25, -0.2) is 14.8 Å². The maximum Gasteiger partial charge on any atom is 0.358 e. The Morgan fingerprint density at radius 3 is 3.07 bits per heavy atom. The molecule has 2 aromatic heterocycles. The number of carboxylic acid groups (broad SMARTS) is 1. The Morgan fingerprint density at radius 2 is 2.40 bits per heavy atom. The van der Waals surface area contributed by atoms with Crippen molar-refractivity contribution in [3.05, 3.63) is 30.0 Å². The lowest BCUT2D eigenvalue weighted by Crippen LogP contribution is -2.03. The van der Waals surface area contributed by atoms with E-state index in [-0.39, 0.29) is 5.69 Å². The predicted octanol–water partition coefficient (Wildman–Crippen LogP) is 1.38. The van der Waals surface area contributed by atoms with E-state index in [1.54, 1.807) is 10.6 Å². The van der Waals surface area contributed by atoms with Gasteiger partial charge in [-0.2, -0.15) is 0 Å². The van der Waals surface area contributed by atoms with Gasteiger partial charge in [-0.1, -0.05) is 13.3 Å². The molecule has 15 heavy (non-hydrogen) atoms. The molecule has 0 aliphatic carbocycles. The Bertz CT molecular complexity index is 504. The number of aromatic nitrogens is 3. The van der Waals surface area contributed by atoms with E-state index < -0.39 is 5.97 Å². The van der Waals surface area contributed by atoms with E-state index in [4.69, 9.17) is 5.11 Å². The molecule has 0 saturated carbocycles. The number of hydrogen-bond donors (Lipinski definition) is 1. The molecule has 0 radical (unpaired) electrons. The van der Waals surface area contributed by atoms with Crippen LogP contribution in [0, 0.1) is 0 Å². The highest BCUT2D eigenvalue weighted by molar-refractivity contribution is 5.91. The second-order valence-corrected chi connectivity index (χ2v) is 3.29. The summed E-state index contributed by atoms with van der Waals surface area (Å²) in [7, 11) is 0. The van der Waals surface area contributed by atoms with Crippen LogP contribution in [0.1, 0.15) is 29.5 Å². The third-order valence-electron chi connectivity index (χ3n) is 2.13. The summed E-state index contributed by atoms with van der Waals surface area (Å²) in [5.41, 5.74) is 1.31. The topological polar surface area (TPSA) is 67.5 Å². The summed E-state index contributed by atoms with van der Waals surface area (Å²) in [6.07, 6.45) is 6.84. The Kier molecular flexibility index (Phi) is 2.37. The summed E-state index contributed by atoms with van der Waals surface area (Å²) < 4.78 is 1.70. The van der Waals surface area contributed by atoms with E-state index in [2.05, 4.69) is 16.9 Å². The van der Waals surface area contributed by atoms with Crippen molar-refractivity contribution in [2.75, 3.05) is 0 Å². The highest BCUT2D eigenvalue weighted by Gasteiger charge is 2.12. The minimum absolute atomic E-state index is 0.000136. The third-order valence-corrected chi connectivity index (χ3v) is 2.13. The van der Waals surface area contributed by atoms with Crippen LogP contribution in [0.2, 0.25) is 0 Å². The maximum absolute atomic E-state index is 10.9. The number of aromatic carboxylic acids is 1. The van der Waals surface area contributed by atoms with Crippen molar-refractivity contribution in [1.82, 2.24) is 14.4 Å². The summed E-state index contributed by atoms with van der Waals surface area (Å²) in [6.45, 7) is 2.06. The van der Waals surface area contributed by atoms with E-state index in [0.717, 1.165) is 18.5 Å². The van der Waals surface area contributed by atoms with E-state index in [0.29, 0.717) is 5.65 Å². The van der Waals surface area contributed by atoms with Crippen molar-refractivity contribution in [3.63, 3.8) is 0 Å². The number of fused-ring (bicyclic) bond motifs is 1. The average molecular weight is 205 g/mol. The van der Waals surface area contributed by atoms with Gasteiger partial charge in [-0.05, 0) is 6.42 Å². The SMILES string of the molecule is CCCc1cn2ccnc(C(=O)O)c2n1. The van der Waals surface area contributed by atoms with Crippen LogP contribution in [0.15, 0.2) is 18.6 Å².